The molecule has 0 atom stereocenters. The molecule has 3 rings (SSSR count). The highest BCUT2D eigenvalue weighted by Gasteiger charge is 2.13. The molecular weight excluding hydrogens is 202 g/mol. The van der Waals surface area contributed by atoms with Crippen LogP contribution in [0.15, 0.2) is 18.5 Å². The summed E-state index contributed by atoms with van der Waals surface area (Å²) in [6, 6.07) is 2.07. The minimum Gasteiger partial charge on any atom is -0.307 e. The maximum Gasteiger partial charge on any atom is 0.228 e. The van der Waals surface area contributed by atoms with Crippen molar-refractivity contribution in [3.63, 3.8) is 0 Å². The van der Waals surface area contributed by atoms with Gasteiger partial charge in [-0.2, -0.15) is 5.10 Å². The summed E-state index contributed by atoms with van der Waals surface area (Å²) in [6.07, 6.45) is 5.89. The van der Waals surface area contributed by atoms with E-state index in [0.717, 1.165) is 24.3 Å². The van der Waals surface area contributed by atoms with Gasteiger partial charge in [0.05, 0.1) is 0 Å². The van der Waals surface area contributed by atoms with Crippen LogP contribution in [0.2, 0.25) is 0 Å². The van der Waals surface area contributed by atoms with E-state index in [2.05, 4.69) is 26.4 Å². The first kappa shape index (κ1) is 9.33. The molecule has 5 nitrogen and oxygen atoms in total. The summed E-state index contributed by atoms with van der Waals surface area (Å²) in [5.41, 5.74) is 2.34. The van der Waals surface area contributed by atoms with Crippen LogP contribution in [0.3, 0.4) is 0 Å². The summed E-state index contributed by atoms with van der Waals surface area (Å²) in [6.45, 7) is 2.99. The van der Waals surface area contributed by atoms with E-state index in [1.54, 1.807) is 12.4 Å². The molecule has 2 aromatic rings. The number of aromatic nitrogens is 4. The molecule has 0 aliphatic carbocycles. The van der Waals surface area contributed by atoms with Crippen molar-refractivity contribution in [1.82, 2.24) is 19.7 Å². The molecule has 0 spiro atoms. The zero-order valence-electron chi connectivity index (χ0n) is 9.14. The molecule has 0 amide bonds. The average Bonchev–Trinajstić information content (AvgIpc) is 2.81. The predicted molar refractivity (Wildman–Crippen MR) is 60.6 cm³/mol. The lowest BCUT2D eigenvalue weighted by Gasteiger charge is -2.00. The minimum absolute atomic E-state index is 0.599. The summed E-state index contributed by atoms with van der Waals surface area (Å²) in [4.78, 5) is 8.37. The van der Waals surface area contributed by atoms with Crippen molar-refractivity contribution < 1.29 is 0 Å². The van der Waals surface area contributed by atoms with Crippen molar-refractivity contribution in [3.8, 4) is 0 Å². The second-order valence-corrected chi connectivity index (χ2v) is 4.06. The smallest absolute Gasteiger partial charge is 0.228 e. The molecule has 0 aromatic carbocycles. The molecule has 1 aliphatic rings. The molecule has 5 heteroatoms. The predicted octanol–water partition coefficient (Wildman–Crippen LogP) is 1.67. The Balaban J connectivity index is 1.81. The fourth-order valence-corrected chi connectivity index (χ4v) is 1.89. The van der Waals surface area contributed by atoms with Gasteiger partial charge in [0, 0.05) is 30.7 Å². The van der Waals surface area contributed by atoms with Crippen molar-refractivity contribution in [2.75, 3.05) is 5.32 Å². The Morgan fingerprint density at radius 1 is 1.31 bits per heavy atom. The Bertz CT molecular complexity index is 478. The van der Waals surface area contributed by atoms with Gasteiger partial charge >= 0.3 is 0 Å². The molecule has 1 N–H and O–H groups in total. The monoisotopic (exact) mass is 215 g/mol. The molecule has 3 heterocycles. The Morgan fingerprint density at radius 3 is 2.88 bits per heavy atom. The number of nitrogens with one attached hydrogen (secondary N) is 1. The standard InChI is InChI=1S/C11H13N5/c1-8-6-12-11(13-7-8)14-10-5-9-3-2-4-16(9)15-10/h5-7H,2-4H2,1H3,(H,12,13,14,15). The van der Waals surface area contributed by atoms with Gasteiger partial charge in [-0.05, 0) is 25.3 Å². The van der Waals surface area contributed by atoms with Gasteiger partial charge < -0.3 is 5.32 Å². The molecule has 16 heavy (non-hydrogen) atoms. The molecule has 0 bridgehead atoms. The van der Waals surface area contributed by atoms with E-state index in [1.807, 2.05) is 11.6 Å². The number of fused-ring (bicyclic) bond motifs is 1. The van der Waals surface area contributed by atoms with E-state index in [4.69, 9.17) is 0 Å². The van der Waals surface area contributed by atoms with Crippen LogP contribution in [0.5, 0.6) is 0 Å². The Kier molecular flexibility index (Phi) is 2.09. The molecule has 0 saturated heterocycles. The van der Waals surface area contributed by atoms with E-state index in [0.29, 0.717) is 5.95 Å². The fourth-order valence-electron chi connectivity index (χ4n) is 1.89. The van der Waals surface area contributed by atoms with Crippen molar-refractivity contribution in [3.05, 3.63) is 29.7 Å². The molecule has 0 saturated carbocycles. The van der Waals surface area contributed by atoms with Gasteiger partial charge in [-0.3, -0.25) is 4.68 Å². The molecule has 2 aromatic heterocycles. The van der Waals surface area contributed by atoms with Crippen LogP contribution in [-0.2, 0) is 13.0 Å². The fraction of sp³-hybridized carbons (Fsp3) is 0.364. The number of aryl methyl sites for hydroxylation is 3. The highest BCUT2D eigenvalue weighted by molar-refractivity contribution is 5.48. The molecule has 1 aliphatic heterocycles. The molecule has 0 unspecified atom stereocenters. The van der Waals surface area contributed by atoms with Crippen LogP contribution in [0.1, 0.15) is 17.7 Å². The number of hydrogen-bond acceptors (Lipinski definition) is 4. The van der Waals surface area contributed by atoms with Gasteiger partial charge in [-0.1, -0.05) is 0 Å². The number of rotatable bonds is 2. The van der Waals surface area contributed by atoms with Crippen LogP contribution < -0.4 is 5.32 Å². The van der Waals surface area contributed by atoms with Gasteiger partial charge in [-0.15, -0.1) is 0 Å². The highest BCUT2D eigenvalue weighted by Crippen LogP contribution is 2.19. The zero-order valence-corrected chi connectivity index (χ0v) is 9.14. The second kappa shape index (κ2) is 3.59. The highest BCUT2D eigenvalue weighted by atomic mass is 15.3. The third kappa shape index (κ3) is 1.64. The first-order valence-corrected chi connectivity index (χ1v) is 5.44. The lowest BCUT2D eigenvalue weighted by atomic mass is 10.3. The van der Waals surface area contributed by atoms with Gasteiger partial charge in [0.15, 0.2) is 5.82 Å². The van der Waals surface area contributed by atoms with E-state index >= 15 is 0 Å². The van der Waals surface area contributed by atoms with Crippen LogP contribution in [-0.4, -0.2) is 19.7 Å². The van der Waals surface area contributed by atoms with Crippen LogP contribution >= 0.6 is 0 Å². The first-order valence-electron chi connectivity index (χ1n) is 5.44. The van der Waals surface area contributed by atoms with E-state index < -0.39 is 0 Å². The summed E-state index contributed by atoms with van der Waals surface area (Å²) in [5, 5.41) is 7.54. The molecular formula is C11H13N5. The van der Waals surface area contributed by atoms with Gasteiger partial charge in [0.2, 0.25) is 5.95 Å². The van der Waals surface area contributed by atoms with Crippen molar-refractivity contribution >= 4 is 11.8 Å². The first-order chi connectivity index (χ1) is 7.81. The topological polar surface area (TPSA) is 55.6 Å². The average molecular weight is 215 g/mol. The number of hydrogen-bond donors (Lipinski definition) is 1. The number of anilines is 2. The van der Waals surface area contributed by atoms with Gasteiger partial charge in [0.25, 0.3) is 0 Å². The zero-order chi connectivity index (χ0) is 11.0. The SMILES string of the molecule is Cc1cnc(Nc2cc3n(n2)CCC3)nc1. The van der Waals surface area contributed by atoms with E-state index in [-0.39, 0.29) is 0 Å². The lowest BCUT2D eigenvalue weighted by molar-refractivity contribution is 0.659. The Morgan fingerprint density at radius 2 is 2.12 bits per heavy atom. The van der Waals surface area contributed by atoms with Gasteiger partial charge in [0.1, 0.15) is 0 Å². The van der Waals surface area contributed by atoms with Crippen molar-refractivity contribution in [1.29, 1.82) is 0 Å². The van der Waals surface area contributed by atoms with Crippen LogP contribution in [0.4, 0.5) is 11.8 Å². The van der Waals surface area contributed by atoms with Crippen molar-refractivity contribution in [2.45, 2.75) is 26.3 Å². The summed E-state index contributed by atoms with van der Waals surface area (Å²) in [5.74, 6) is 1.43. The van der Waals surface area contributed by atoms with E-state index in [9.17, 15) is 0 Å². The van der Waals surface area contributed by atoms with Crippen molar-refractivity contribution in [2.24, 2.45) is 0 Å². The molecule has 0 fully saturated rings. The van der Waals surface area contributed by atoms with E-state index in [1.165, 1.54) is 12.1 Å². The largest absolute Gasteiger partial charge is 0.307 e. The minimum atomic E-state index is 0.599. The molecule has 82 valence electrons. The number of nitrogens with zero attached hydrogens (tertiary/aromatic N) is 4. The Hall–Kier alpha value is -1.91. The second-order valence-electron chi connectivity index (χ2n) is 4.06. The normalized spacial score (nSPS) is 13.8. The van der Waals surface area contributed by atoms with Crippen LogP contribution in [0, 0.1) is 6.92 Å². The summed E-state index contributed by atoms with van der Waals surface area (Å²) < 4.78 is 2.04. The van der Waals surface area contributed by atoms with Crippen LogP contribution in [0.25, 0.3) is 0 Å². The third-order valence-corrected chi connectivity index (χ3v) is 2.69. The quantitative estimate of drug-likeness (QED) is 0.828. The van der Waals surface area contributed by atoms with Gasteiger partial charge in [-0.25, -0.2) is 9.97 Å². The lowest BCUT2D eigenvalue weighted by Crippen LogP contribution is -1.99. The maximum atomic E-state index is 4.43. The molecule has 0 radical (unpaired) electrons. The summed E-state index contributed by atoms with van der Waals surface area (Å²) >= 11 is 0. The maximum absolute atomic E-state index is 4.43. The Labute approximate surface area is 93.5 Å². The summed E-state index contributed by atoms with van der Waals surface area (Å²) in [7, 11) is 0. The third-order valence-electron chi connectivity index (χ3n) is 2.69.